The molecule has 1 saturated heterocycles. The van der Waals surface area contributed by atoms with Gasteiger partial charge in [0.2, 0.25) is 0 Å². The summed E-state index contributed by atoms with van der Waals surface area (Å²) in [6, 6.07) is 10.5. The molecule has 1 aromatic carbocycles. The van der Waals surface area contributed by atoms with Crippen LogP contribution in [0.3, 0.4) is 0 Å². The van der Waals surface area contributed by atoms with Crippen molar-refractivity contribution in [2.45, 2.75) is 6.92 Å². The summed E-state index contributed by atoms with van der Waals surface area (Å²) in [5.41, 5.74) is 6.86. The SMILES string of the molecule is CCOc1cncc(-c2ccc3c(c2)c(-c2nc4c(N5CCN(C)CC5)ccnc4n2C)nn3C)c1. The van der Waals surface area contributed by atoms with Crippen molar-refractivity contribution in [1.82, 2.24) is 34.2 Å². The van der Waals surface area contributed by atoms with E-state index >= 15 is 0 Å². The lowest BCUT2D eigenvalue weighted by Gasteiger charge is -2.34. The van der Waals surface area contributed by atoms with E-state index in [2.05, 4.69) is 55.6 Å². The highest BCUT2D eigenvalue weighted by Gasteiger charge is 2.23. The van der Waals surface area contributed by atoms with E-state index in [1.54, 1.807) is 6.20 Å². The lowest BCUT2D eigenvalue weighted by atomic mass is 10.0. The summed E-state index contributed by atoms with van der Waals surface area (Å²) in [4.78, 5) is 18.9. The Bertz CT molecular complexity index is 1560. The predicted molar refractivity (Wildman–Crippen MR) is 142 cm³/mol. The topological polar surface area (TPSA) is 77.1 Å². The molecule has 0 amide bonds. The molecule has 1 aliphatic rings. The Morgan fingerprint density at radius 2 is 1.78 bits per heavy atom. The van der Waals surface area contributed by atoms with Crippen LogP contribution in [0, 0.1) is 0 Å². The van der Waals surface area contributed by atoms with E-state index in [1.165, 1.54) is 0 Å². The molecular formula is C27H30N8O. The highest BCUT2D eigenvalue weighted by molar-refractivity contribution is 5.97. The minimum Gasteiger partial charge on any atom is -0.492 e. The summed E-state index contributed by atoms with van der Waals surface area (Å²) < 4.78 is 9.63. The van der Waals surface area contributed by atoms with Gasteiger partial charge in [0.15, 0.2) is 11.5 Å². The first-order valence-corrected chi connectivity index (χ1v) is 12.3. The van der Waals surface area contributed by atoms with Crippen LogP contribution < -0.4 is 9.64 Å². The normalized spacial score (nSPS) is 14.7. The number of fused-ring (bicyclic) bond motifs is 2. The minimum absolute atomic E-state index is 0.605. The Morgan fingerprint density at radius 1 is 0.944 bits per heavy atom. The van der Waals surface area contributed by atoms with Gasteiger partial charge < -0.3 is 19.1 Å². The Morgan fingerprint density at radius 3 is 2.58 bits per heavy atom. The molecule has 5 heterocycles. The highest BCUT2D eigenvalue weighted by atomic mass is 16.5. The van der Waals surface area contributed by atoms with Gasteiger partial charge in [0.25, 0.3) is 0 Å². The molecule has 0 radical (unpaired) electrons. The van der Waals surface area contributed by atoms with Gasteiger partial charge in [-0.3, -0.25) is 9.67 Å². The summed E-state index contributed by atoms with van der Waals surface area (Å²) >= 11 is 0. The zero-order valence-corrected chi connectivity index (χ0v) is 21.1. The fourth-order valence-corrected chi connectivity index (χ4v) is 5.01. The summed E-state index contributed by atoms with van der Waals surface area (Å²) in [7, 11) is 6.16. The number of rotatable bonds is 5. The van der Waals surface area contributed by atoms with E-state index in [1.807, 2.05) is 44.2 Å². The number of likely N-dealkylation sites (N-methyl/N-ethyl adjacent to an activating group) is 1. The Labute approximate surface area is 210 Å². The number of ether oxygens (including phenoxy) is 1. The van der Waals surface area contributed by atoms with E-state index in [0.717, 1.165) is 82.3 Å². The van der Waals surface area contributed by atoms with E-state index in [9.17, 15) is 0 Å². The van der Waals surface area contributed by atoms with Crippen LogP contribution in [-0.2, 0) is 14.1 Å². The average molecular weight is 483 g/mol. The summed E-state index contributed by atoms with van der Waals surface area (Å²) in [6.07, 6.45) is 5.49. The third-order valence-electron chi connectivity index (χ3n) is 7.00. The lowest BCUT2D eigenvalue weighted by Crippen LogP contribution is -2.44. The van der Waals surface area contributed by atoms with E-state index in [4.69, 9.17) is 14.8 Å². The zero-order chi connectivity index (χ0) is 24.8. The third-order valence-corrected chi connectivity index (χ3v) is 7.00. The third kappa shape index (κ3) is 3.76. The maximum Gasteiger partial charge on any atom is 0.163 e. The molecule has 0 aliphatic carbocycles. The molecule has 0 N–H and O–H groups in total. The Hall–Kier alpha value is -3.98. The maximum atomic E-state index is 5.66. The van der Waals surface area contributed by atoms with Crippen LogP contribution in [0.2, 0.25) is 0 Å². The van der Waals surface area contributed by atoms with Gasteiger partial charge in [-0.1, -0.05) is 6.07 Å². The summed E-state index contributed by atoms with van der Waals surface area (Å²) in [5, 5.41) is 5.93. The molecule has 6 rings (SSSR count). The molecule has 9 heteroatoms. The van der Waals surface area contributed by atoms with Crippen molar-refractivity contribution in [3.8, 4) is 28.4 Å². The van der Waals surface area contributed by atoms with Crippen molar-refractivity contribution in [2.24, 2.45) is 14.1 Å². The maximum absolute atomic E-state index is 5.66. The fourth-order valence-electron chi connectivity index (χ4n) is 5.01. The molecule has 36 heavy (non-hydrogen) atoms. The molecule has 184 valence electrons. The highest BCUT2D eigenvalue weighted by Crippen LogP contribution is 2.34. The molecular weight excluding hydrogens is 452 g/mol. The number of hydrogen-bond acceptors (Lipinski definition) is 7. The molecule has 0 bridgehead atoms. The van der Waals surface area contributed by atoms with Crippen LogP contribution in [-0.4, -0.2) is 74.0 Å². The van der Waals surface area contributed by atoms with Gasteiger partial charge in [-0.25, -0.2) is 9.97 Å². The second-order valence-corrected chi connectivity index (χ2v) is 9.33. The number of benzene rings is 1. The lowest BCUT2D eigenvalue weighted by molar-refractivity contribution is 0.313. The van der Waals surface area contributed by atoms with Gasteiger partial charge in [-0.05, 0) is 43.8 Å². The number of aromatic nitrogens is 6. The van der Waals surface area contributed by atoms with Crippen molar-refractivity contribution in [2.75, 3.05) is 44.7 Å². The van der Waals surface area contributed by atoms with Gasteiger partial charge in [-0.2, -0.15) is 5.10 Å². The molecule has 1 fully saturated rings. The zero-order valence-electron chi connectivity index (χ0n) is 21.1. The number of pyridine rings is 2. The van der Waals surface area contributed by atoms with Crippen LogP contribution in [0.25, 0.3) is 44.7 Å². The second-order valence-electron chi connectivity index (χ2n) is 9.33. The molecule has 9 nitrogen and oxygen atoms in total. The van der Waals surface area contributed by atoms with Crippen molar-refractivity contribution in [3.63, 3.8) is 0 Å². The Kier molecular flexibility index (Phi) is 5.56. The first-order valence-electron chi connectivity index (χ1n) is 12.3. The van der Waals surface area contributed by atoms with E-state index in [-0.39, 0.29) is 0 Å². The smallest absolute Gasteiger partial charge is 0.163 e. The van der Waals surface area contributed by atoms with Crippen molar-refractivity contribution >= 4 is 27.8 Å². The van der Waals surface area contributed by atoms with Gasteiger partial charge in [0.05, 0.1) is 24.0 Å². The van der Waals surface area contributed by atoms with E-state index in [0.29, 0.717) is 6.61 Å². The molecule has 0 spiro atoms. The molecule has 0 saturated carbocycles. The van der Waals surface area contributed by atoms with Crippen LogP contribution in [0.1, 0.15) is 6.92 Å². The first-order chi connectivity index (χ1) is 17.5. The second kappa shape index (κ2) is 8.91. The van der Waals surface area contributed by atoms with Crippen LogP contribution >= 0.6 is 0 Å². The summed E-state index contributed by atoms with van der Waals surface area (Å²) in [5.74, 6) is 1.57. The van der Waals surface area contributed by atoms with Crippen LogP contribution in [0.5, 0.6) is 5.75 Å². The van der Waals surface area contributed by atoms with Gasteiger partial charge in [0, 0.05) is 63.6 Å². The molecule has 0 unspecified atom stereocenters. The van der Waals surface area contributed by atoms with E-state index < -0.39 is 0 Å². The molecule has 4 aromatic heterocycles. The van der Waals surface area contributed by atoms with Crippen molar-refractivity contribution in [3.05, 3.63) is 48.9 Å². The average Bonchev–Trinajstić information content (AvgIpc) is 3.41. The van der Waals surface area contributed by atoms with Crippen molar-refractivity contribution in [1.29, 1.82) is 0 Å². The Balaban J connectivity index is 1.47. The quantitative estimate of drug-likeness (QED) is 0.378. The number of anilines is 1. The number of imidazole rings is 1. The number of aryl methyl sites for hydroxylation is 2. The van der Waals surface area contributed by atoms with Crippen molar-refractivity contribution < 1.29 is 4.74 Å². The van der Waals surface area contributed by atoms with Gasteiger partial charge >= 0.3 is 0 Å². The fraction of sp³-hybridized carbons (Fsp3) is 0.333. The van der Waals surface area contributed by atoms with Gasteiger partial charge in [0.1, 0.15) is 17.0 Å². The van der Waals surface area contributed by atoms with Crippen LogP contribution in [0.4, 0.5) is 5.69 Å². The molecule has 5 aromatic rings. The van der Waals surface area contributed by atoms with Crippen LogP contribution in [0.15, 0.2) is 48.9 Å². The monoisotopic (exact) mass is 482 g/mol. The molecule has 0 atom stereocenters. The summed E-state index contributed by atoms with van der Waals surface area (Å²) in [6.45, 7) is 6.61. The van der Waals surface area contributed by atoms with Gasteiger partial charge in [-0.15, -0.1) is 0 Å². The number of nitrogens with zero attached hydrogens (tertiary/aromatic N) is 8. The predicted octanol–water partition coefficient (Wildman–Crippen LogP) is 3.73. The largest absolute Gasteiger partial charge is 0.492 e. The molecule has 1 aliphatic heterocycles. The number of piperazine rings is 1. The standard InChI is InChI=1S/C27H30N8O/c1-5-36-20-14-19(16-28-17-20)18-6-7-22-21(15-18)24(31-34(22)4)27-30-25-23(8-9-29-26(25)33(27)3)35-12-10-32(2)11-13-35/h6-9,14-17H,5,10-13H2,1-4H3. The minimum atomic E-state index is 0.605. The number of hydrogen-bond donors (Lipinski definition) is 0. The first kappa shape index (κ1) is 22.5.